The number of hydrogen-bond donors (Lipinski definition) is 1. The fourth-order valence-corrected chi connectivity index (χ4v) is 2.04. The third-order valence-corrected chi connectivity index (χ3v) is 3.28. The molecule has 0 aliphatic rings. The van der Waals surface area contributed by atoms with E-state index in [4.69, 9.17) is 0 Å². The van der Waals surface area contributed by atoms with Gasteiger partial charge in [0.05, 0.1) is 6.10 Å². The van der Waals surface area contributed by atoms with E-state index >= 15 is 0 Å². The molecule has 2 heteroatoms. The maximum atomic E-state index is 10.8. The lowest BCUT2D eigenvalue weighted by molar-refractivity contribution is -0.117. The maximum Gasteiger partial charge on any atom is 0.129 e. The minimum atomic E-state index is -0.335. The Balaban J connectivity index is 3.46. The number of rotatable bonds is 13. The second-order valence-electron chi connectivity index (χ2n) is 5.50. The molecule has 120 valence electrons. The molecule has 0 unspecified atom stereocenters. The first-order valence-electron chi connectivity index (χ1n) is 8.32. The van der Waals surface area contributed by atoms with E-state index in [-0.39, 0.29) is 11.9 Å². The lowest BCUT2D eigenvalue weighted by Crippen LogP contribution is -2.01. The van der Waals surface area contributed by atoms with Crippen molar-refractivity contribution in [3.63, 3.8) is 0 Å². The van der Waals surface area contributed by atoms with Gasteiger partial charge in [0.2, 0.25) is 0 Å². The molecular weight excluding hydrogens is 260 g/mol. The molecule has 1 atom stereocenters. The van der Waals surface area contributed by atoms with Gasteiger partial charge >= 0.3 is 0 Å². The smallest absolute Gasteiger partial charge is 0.129 e. The lowest BCUT2D eigenvalue weighted by atomic mass is 10.1. The standard InChI is InChI=1S/C19H32O2/c1-3-4-5-6-7-10-13-16-19(21)17-14-11-8-9-12-15-18(2)20/h4-5,7,10,13,16,19,21H,3,6,8-9,11-12,14-15,17H2,1-2H3/b5-4-,10-7-,16-13+/t19-/m0/s1. The Morgan fingerprint density at radius 3 is 2.43 bits per heavy atom. The topological polar surface area (TPSA) is 37.3 Å². The van der Waals surface area contributed by atoms with Crippen molar-refractivity contribution in [2.45, 2.75) is 77.7 Å². The molecule has 1 N–H and O–H groups in total. The summed E-state index contributed by atoms with van der Waals surface area (Å²) in [5, 5.41) is 9.79. The van der Waals surface area contributed by atoms with E-state index in [2.05, 4.69) is 25.2 Å². The number of aliphatic hydroxyl groups is 1. The minimum absolute atomic E-state index is 0.286. The Bertz CT molecular complexity index is 326. The van der Waals surface area contributed by atoms with Crippen molar-refractivity contribution >= 4 is 5.78 Å². The summed E-state index contributed by atoms with van der Waals surface area (Å²) in [4.78, 5) is 10.8. The molecule has 0 amide bonds. The highest BCUT2D eigenvalue weighted by Crippen LogP contribution is 2.09. The average molecular weight is 292 g/mol. The van der Waals surface area contributed by atoms with Crippen LogP contribution in [0.4, 0.5) is 0 Å². The van der Waals surface area contributed by atoms with Crippen molar-refractivity contribution in [2.24, 2.45) is 0 Å². The SMILES string of the molecule is CC/C=C\C/C=C\C=C\[C@H](O)CCCCCCCC(C)=O. The van der Waals surface area contributed by atoms with Crippen LogP contribution < -0.4 is 0 Å². The van der Waals surface area contributed by atoms with Crippen LogP contribution in [0.15, 0.2) is 36.5 Å². The summed E-state index contributed by atoms with van der Waals surface area (Å²) in [6.07, 6.45) is 20.9. The van der Waals surface area contributed by atoms with Gasteiger partial charge in [0.15, 0.2) is 0 Å². The van der Waals surface area contributed by atoms with Gasteiger partial charge in [0, 0.05) is 6.42 Å². The Labute approximate surface area is 130 Å². The van der Waals surface area contributed by atoms with Crippen LogP contribution in [0.5, 0.6) is 0 Å². The van der Waals surface area contributed by atoms with Crippen LogP contribution in [0.1, 0.15) is 71.6 Å². The molecule has 0 saturated carbocycles. The predicted molar refractivity (Wildman–Crippen MR) is 91.3 cm³/mol. The Morgan fingerprint density at radius 2 is 1.71 bits per heavy atom. The third-order valence-electron chi connectivity index (χ3n) is 3.28. The normalized spacial score (nSPS) is 13.7. The molecular formula is C19H32O2. The van der Waals surface area contributed by atoms with Gasteiger partial charge in [-0.1, -0.05) is 69.1 Å². The van der Waals surface area contributed by atoms with Crippen LogP contribution in [0, 0.1) is 0 Å². The van der Waals surface area contributed by atoms with Gasteiger partial charge in [0.25, 0.3) is 0 Å². The van der Waals surface area contributed by atoms with E-state index in [9.17, 15) is 9.90 Å². The number of Topliss-reactive ketones (excluding diaryl/α,β-unsaturated/α-hetero) is 1. The number of aliphatic hydroxyl groups excluding tert-OH is 1. The highest BCUT2D eigenvalue weighted by molar-refractivity contribution is 5.75. The third kappa shape index (κ3) is 16.8. The zero-order valence-corrected chi connectivity index (χ0v) is 13.8. The molecule has 0 spiro atoms. The molecule has 0 aromatic carbocycles. The molecule has 0 radical (unpaired) electrons. The van der Waals surface area contributed by atoms with Crippen molar-refractivity contribution in [1.29, 1.82) is 0 Å². The molecule has 0 heterocycles. The van der Waals surface area contributed by atoms with Gasteiger partial charge in [-0.3, -0.25) is 0 Å². The van der Waals surface area contributed by atoms with Crippen LogP contribution in [-0.4, -0.2) is 17.0 Å². The van der Waals surface area contributed by atoms with Crippen molar-refractivity contribution in [3.8, 4) is 0 Å². The van der Waals surface area contributed by atoms with Crippen molar-refractivity contribution in [2.75, 3.05) is 0 Å². The number of carbonyl (C=O) groups excluding carboxylic acids is 1. The zero-order valence-electron chi connectivity index (χ0n) is 13.8. The average Bonchev–Trinajstić information content (AvgIpc) is 2.45. The maximum absolute atomic E-state index is 10.8. The van der Waals surface area contributed by atoms with Crippen LogP contribution in [0.3, 0.4) is 0 Å². The summed E-state index contributed by atoms with van der Waals surface area (Å²) in [6, 6.07) is 0. The van der Waals surface area contributed by atoms with E-state index in [1.165, 1.54) is 0 Å². The van der Waals surface area contributed by atoms with Crippen molar-refractivity contribution < 1.29 is 9.90 Å². The molecule has 21 heavy (non-hydrogen) atoms. The molecule has 0 saturated heterocycles. The van der Waals surface area contributed by atoms with Gasteiger partial charge in [-0.25, -0.2) is 0 Å². The quantitative estimate of drug-likeness (QED) is 0.290. The number of ketones is 1. The molecule has 0 rings (SSSR count). The molecule has 0 bridgehead atoms. The second kappa shape index (κ2) is 15.2. The Hall–Kier alpha value is -1.15. The fourth-order valence-electron chi connectivity index (χ4n) is 2.04. The Kier molecular flexibility index (Phi) is 14.4. The minimum Gasteiger partial charge on any atom is -0.389 e. The summed E-state index contributed by atoms with van der Waals surface area (Å²) < 4.78 is 0. The number of allylic oxidation sites excluding steroid dienone is 5. The van der Waals surface area contributed by atoms with Crippen LogP contribution in [0.2, 0.25) is 0 Å². The summed E-state index contributed by atoms with van der Waals surface area (Å²) >= 11 is 0. The summed E-state index contributed by atoms with van der Waals surface area (Å²) in [7, 11) is 0. The van der Waals surface area contributed by atoms with Gasteiger partial charge in [0.1, 0.15) is 5.78 Å². The van der Waals surface area contributed by atoms with Crippen molar-refractivity contribution in [1.82, 2.24) is 0 Å². The molecule has 2 nitrogen and oxygen atoms in total. The van der Waals surface area contributed by atoms with E-state index in [1.54, 1.807) is 6.92 Å². The molecule has 0 aromatic rings. The Morgan fingerprint density at radius 1 is 1.00 bits per heavy atom. The van der Waals surface area contributed by atoms with E-state index in [1.807, 2.05) is 18.2 Å². The molecule has 0 aliphatic carbocycles. The van der Waals surface area contributed by atoms with E-state index in [0.717, 1.165) is 51.4 Å². The fraction of sp³-hybridized carbons (Fsp3) is 0.632. The van der Waals surface area contributed by atoms with E-state index < -0.39 is 0 Å². The van der Waals surface area contributed by atoms with Gasteiger partial charge < -0.3 is 9.90 Å². The zero-order chi connectivity index (χ0) is 15.8. The van der Waals surface area contributed by atoms with Crippen molar-refractivity contribution in [3.05, 3.63) is 36.5 Å². The first-order chi connectivity index (χ1) is 10.2. The number of unbranched alkanes of at least 4 members (excludes halogenated alkanes) is 4. The van der Waals surface area contributed by atoms with Gasteiger partial charge in [-0.05, 0) is 32.6 Å². The number of carbonyl (C=O) groups is 1. The summed E-state index contributed by atoms with van der Waals surface area (Å²) in [5.41, 5.74) is 0. The van der Waals surface area contributed by atoms with Crippen LogP contribution in [0.25, 0.3) is 0 Å². The number of hydrogen-bond acceptors (Lipinski definition) is 2. The first-order valence-corrected chi connectivity index (χ1v) is 8.32. The highest BCUT2D eigenvalue weighted by atomic mass is 16.3. The largest absolute Gasteiger partial charge is 0.389 e. The molecule has 0 fully saturated rings. The van der Waals surface area contributed by atoms with E-state index in [0.29, 0.717) is 6.42 Å². The lowest BCUT2D eigenvalue weighted by Gasteiger charge is -2.04. The summed E-state index contributed by atoms with van der Waals surface area (Å²) in [6.45, 7) is 3.77. The van der Waals surface area contributed by atoms with Gasteiger partial charge in [-0.2, -0.15) is 0 Å². The molecule has 0 aliphatic heterocycles. The highest BCUT2D eigenvalue weighted by Gasteiger charge is 1.99. The summed E-state index contributed by atoms with van der Waals surface area (Å²) in [5.74, 6) is 0.286. The predicted octanol–water partition coefficient (Wildman–Crippen LogP) is 5.14. The van der Waals surface area contributed by atoms with Crippen LogP contribution >= 0.6 is 0 Å². The second-order valence-corrected chi connectivity index (χ2v) is 5.50. The first kappa shape index (κ1) is 19.9. The molecule has 0 aromatic heterocycles. The van der Waals surface area contributed by atoms with Crippen LogP contribution in [-0.2, 0) is 4.79 Å². The van der Waals surface area contributed by atoms with Gasteiger partial charge in [-0.15, -0.1) is 0 Å². The monoisotopic (exact) mass is 292 g/mol.